The zero-order chi connectivity index (χ0) is 13.2. The normalized spacial score (nSPS) is 11.0. The lowest BCUT2D eigenvalue weighted by Crippen LogP contribution is -2.10. The summed E-state index contributed by atoms with van der Waals surface area (Å²) in [6.45, 7) is 0. The molecule has 0 spiro atoms. The number of nitro benzene ring substituents is 1. The zero-order valence-electron chi connectivity index (χ0n) is 8.08. The van der Waals surface area contributed by atoms with Crippen molar-refractivity contribution in [1.29, 1.82) is 5.26 Å². The Kier molecular flexibility index (Phi) is 3.72. The molecule has 0 heterocycles. The first-order valence-corrected chi connectivity index (χ1v) is 5.28. The summed E-state index contributed by atoms with van der Waals surface area (Å²) in [7, 11) is 0. The van der Waals surface area contributed by atoms with Crippen LogP contribution in [0.5, 0.6) is 0 Å². The average Bonchev–Trinajstić information content (AvgIpc) is 2.25. The summed E-state index contributed by atoms with van der Waals surface area (Å²) in [5.74, 6) is 0. The molecule has 0 aliphatic heterocycles. The first-order valence-electron chi connectivity index (χ1n) is 4.15. The fourth-order valence-corrected chi connectivity index (χ4v) is 1.69. The van der Waals surface area contributed by atoms with Crippen molar-refractivity contribution in [2.75, 3.05) is 0 Å². The number of benzene rings is 1. The van der Waals surface area contributed by atoms with E-state index < -0.39 is 22.4 Å². The smallest absolute Gasteiger partial charge is 0.258 e. The summed E-state index contributed by atoms with van der Waals surface area (Å²) in [5.41, 5.74) is -2.55. The molecule has 0 N–H and O–H groups in total. The Labute approximate surface area is 102 Å². The highest BCUT2D eigenvalue weighted by molar-refractivity contribution is 9.08. The van der Waals surface area contributed by atoms with E-state index in [0.717, 1.165) is 6.07 Å². The van der Waals surface area contributed by atoms with Crippen LogP contribution < -0.4 is 0 Å². The second kappa shape index (κ2) is 4.71. The van der Waals surface area contributed by atoms with Gasteiger partial charge in [-0.3, -0.25) is 10.1 Å². The fraction of sp³-hybridized carbons (Fsp3) is 0.222. The van der Waals surface area contributed by atoms with Gasteiger partial charge < -0.3 is 0 Å². The highest BCUT2D eigenvalue weighted by atomic mass is 79.9. The molecule has 0 saturated carbocycles. The third kappa shape index (κ3) is 2.74. The first-order chi connectivity index (χ1) is 7.81. The maximum absolute atomic E-state index is 12.5. The Balaban J connectivity index is 3.59. The van der Waals surface area contributed by atoms with Crippen molar-refractivity contribution >= 4 is 21.6 Å². The van der Waals surface area contributed by atoms with Gasteiger partial charge in [0.05, 0.1) is 16.6 Å². The molecule has 0 atom stereocenters. The number of nitriles is 1. The summed E-state index contributed by atoms with van der Waals surface area (Å²) in [5, 5.41) is 19.3. The Morgan fingerprint density at radius 2 is 2.06 bits per heavy atom. The van der Waals surface area contributed by atoms with Crippen LogP contribution in [0.25, 0.3) is 0 Å². The van der Waals surface area contributed by atoms with E-state index in [1.165, 1.54) is 0 Å². The Bertz CT molecular complexity index is 508. The van der Waals surface area contributed by atoms with Crippen molar-refractivity contribution < 1.29 is 18.1 Å². The van der Waals surface area contributed by atoms with E-state index in [0.29, 0.717) is 6.07 Å². The molecule has 0 bridgehead atoms. The molecule has 0 radical (unpaired) electrons. The van der Waals surface area contributed by atoms with Gasteiger partial charge in [0, 0.05) is 11.4 Å². The van der Waals surface area contributed by atoms with Gasteiger partial charge in [-0.25, -0.2) is 0 Å². The van der Waals surface area contributed by atoms with Gasteiger partial charge in [-0.05, 0) is 11.6 Å². The SMILES string of the molecule is N#Cc1cc(C(F)(F)F)c([N+](=O)[O-])cc1CBr. The molecule has 17 heavy (non-hydrogen) atoms. The molecule has 4 nitrogen and oxygen atoms in total. The van der Waals surface area contributed by atoms with Gasteiger partial charge in [0.2, 0.25) is 0 Å². The van der Waals surface area contributed by atoms with Crippen LogP contribution in [-0.2, 0) is 11.5 Å². The predicted molar refractivity (Wildman–Crippen MR) is 55.4 cm³/mol. The Hall–Kier alpha value is -1.62. The maximum atomic E-state index is 12.5. The quantitative estimate of drug-likeness (QED) is 0.478. The van der Waals surface area contributed by atoms with E-state index in [1.807, 2.05) is 0 Å². The third-order valence-electron chi connectivity index (χ3n) is 1.99. The lowest BCUT2D eigenvalue weighted by molar-refractivity contribution is -0.388. The van der Waals surface area contributed by atoms with Crippen LogP contribution in [0.2, 0.25) is 0 Å². The van der Waals surface area contributed by atoms with E-state index >= 15 is 0 Å². The molecule has 0 aromatic heterocycles. The minimum absolute atomic E-state index is 0.0644. The van der Waals surface area contributed by atoms with E-state index in [1.54, 1.807) is 6.07 Å². The van der Waals surface area contributed by atoms with Crippen molar-refractivity contribution in [3.05, 3.63) is 38.9 Å². The van der Waals surface area contributed by atoms with Gasteiger partial charge in [-0.2, -0.15) is 18.4 Å². The van der Waals surface area contributed by atoms with E-state index in [9.17, 15) is 23.3 Å². The minimum Gasteiger partial charge on any atom is -0.258 e. The van der Waals surface area contributed by atoms with Gasteiger partial charge in [0.1, 0.15) is 5.56 Å². The Morgan fingerprint density at radius 3 is 2.41 bits per heavy atom. The number of nitrogens with zero attached hydrogens (tertiary/aromatic N) is 2. The second-order valence-corrected chi connectivity index (χ2v) is 3.59. The Morgan fingerprint density at radius 1 is 1.47 bits per heavy atom. The molecule has 0 saturated heterocycles. The zero-order valence-corrected chi connectivity index (χ0v) is 9.67. The predicted octanol–water partition coefficient (Wildman–Crippen LogP) is 3.38. The molecule has 0 aliphatic rings. The van der Waals surface area contributed by atoms with Crippen molar-refractivity contribution in [2.45, 2.75) is 11.5 Å². The first kappa shape index (κ1) is 13.4. The maximum Gasteiger partial charge on any atom is 0.423 e. The highest BCUT2D eigenvalue weighted by Crippen LogP contribution is 2.37. The number of halogens is 4. The molecular formula is C9H4BrF3N2O2. The van der Waals surface area contributed by atoms with Gasteiger partial charge in [-0.15, -0.1) is 0 Å². The second-order valence-electron chi connectivity index (χ2n) is 3.03. The number of nitro groups is 1. The summed E-state index contributed by atoms with van der Waals surface area (Å²) >= 11 is 2.95. The number of alkyl halides is 4. The average molecular weight is 309 g/mol. The van der Waals surface area contributed by atoms with Crippen LogP contribution in [0.1, 0.15) is 16.7 Å². The molecule has 0 aliphatic carbocycles. The van der Waals surface area contributed by atoms with Crippen LogP contribution >= 0.6 is 15.9 Å². The molecular weight excluding hydrogens is 305 g/mol. The third-order valence-corrected chi connectivity index (χ3v) is 2.59. The van der Waals surface area contributed by atoms with Crippen LogP contribution in [0, 0.1) is 21.4 Å². The molecule has 0 amide bonds. The topological polar surface area (TPSA) is 66.9 Å². The highest BCUT2D eigenvalue weighted by Gasteiger charge is 2.39. The molecule has 0 fully saturated rings. The van der Waals surface area contributed by atoms with Crippen molar-refractivity contribution in [2.24, 2.45) is 0 Å². The largest absolute Gasteiger partial charge is 0.423 e. The van der Waals surface area contributed by atoms with Crippen LogP contribution in [-0.4, -0.2) is 4.92 Å². The minimum atomic E-state index is -4.86. The summed E-state index contributed by atoms with van der Waals surface area (Å²) < 4.78 is 37.6. The van der Waals surface area contributed by atoms with Crippen molar-refractivity contribution in [3.8, 4) is 6.07 Å². The number of rotatable bonds is 2. The summed E-state index contributed by atoms with van der Waals surface area (Å²) in [6, 6.07) is 2.83. The lowest BCUT2D eigenvalue weighted by Gasteiger charge is -2.09. The van der Waals surface area contributed by atoms with Crippen molar-refractivity contribution in [3.63, 3.8) is 0 Å². The molecule has 1 aromatic carbocycles. The van der Waals surface area contributed by atoms with Crippen molar-refractivity contribution in [1.82, 2.24) is 0 Å². The standard InChI is InChI=1S/C9H4BrF3N2O2/c10-3-5-2-8(15(16)17)7(9(11,12)13)1-6(5)4-14/h1-2H,3H2. The van der Waals surface area contributed by atoms with Crippen LogP contribution in [0.4, 0.5) is 18.9 Å². The van der Waals surface area contributed by atoms with Gasteiger partial charge in [0.25, 0.3) is 5.69 Å². The molecule has 1 aromatic rings. The van der Waals surface area contributed by atoms with Gasteiger partial charge in [-0.1, -0.05) is 15.9 Å². The lowest BCUT2D eigenvalue weighted by atomic mass is 10.0. The number of hydrogen-bond acceptors (Lipinski definition) is 3. The molecule has 1 rings (SSSR count). The monoisotopic (exact) mass is 308 g/mol. The molecule has 8 heteroatoms. The molecule has 90 valence electrons. The fourth-order valence-electron chi connectivity index (χ4n) is 1.22. The van der Waals surface area contributed by atoms with Crippen LogP contribution in [0.15, 0.2) is 12.1 Å². The molecule has 0 unspecified atom stereocenters. The van der Waals surface area contributed by atoms with E-state index in [4.69, 9.17) is 5.26 Å². The van der Waals surface area contributed by atoms with E-state index in [-0.39, 0.29) is 16.5 Å². The summed E-state index contributed by atoms with van der Waals surface area (Å²) in [6.07, 6.45) is -4.86. The summed E-state index contributed by atoms with van der Waals surface area (Å²) in [4.78, 5) is 9.43. The van der Waals surface area contributed by atoms with Crippen LogP contribution in [0.3, 0.4) is 0 Å². The van der Waals surface area contributed by atoms with E-state index in [2.05, 4.69) is 15.9 Å². The number of hydrogen-bond donors (Lipinski definition) is 0. The van der Waals surface area contributed by atoms with Gasteiger partial charge in [0.15, 0.2) is 0 Å². The van der Waals surface area contributed by atoms with Gasteiger partial charge >= 0.3 is 6.18 Å².